The molecule has 1 N–H and O–H groups in total. The molecule has 2 bridgehead atoms. The molecule has 170 valence electrons. The number of anilines is 1. The molecular weight excluding hydrogens is 400 g/mol. The summed E-state index contributed by atoms with van der Waals surface area (Å²) in [5, 5.41) is 3.12. The number of aryl methyl sites for hydroxylation is 2. The Hall–Kier alpha value is -2.43. The highest BCUT2D eigenvalue weighted by Crippen LogP contribution is 2.65. The molecular formula is C27H34N2O3. The first kappa shape index (κ1) is 21.4. The van der Waals surface area contributed by atoms with Gasteiger partial charge in [0.1, 0.15) is 0 Å². The lowest BCUT2D eigenvalue weighted by Gasteiger charge is -2.37. The van der Waals surface area contributed by atoms with Crippen LogP contribution >= 0.6 is 0 Å². The van der Waals surface area contributed by atoms with Gasteiger partial charge in [0, 0.05) is 18.7 Å². The van der Waals surface area contributed by atoms with Crippen molar-refractivity contribution in [3.63, 3.8) is 0 Å². The van der Waals surface area contributed by atoms with E-state index in [9.17, 15) is 14.4 Å². The number of nitrogens with zero attached hydrogens (tertiary/aromatic N) is 1. The van der Waals surface area contributed by atoms with E-state index in [2.05, 4.69) is 49.5 Å². The molecule has 3 fully saturated rings. The third-order valence-electron chi connectivity index (χ3n) is 8.30. The summed E-state index contributed by atoms with van der Waals surface area (Å²) in [5.41, 5.74) is 3.32. The zero-order valence-corrected chi connectivity index (χ0v) is 19.2. The van der Waals surface area contributed by atoms with Crippen LogP contribution in [0, 0.1) is 35.5 Å². The number of imide groups is 1. The van der Waals surface area contributed by atoms with Crippen molar-refractivity contribution in [1.82, 2.24) is 4.90 Å². The number of allylic oxidation sites excluding steroid dienone is 2. The predicted octanol–water partition coefficient (Wildman–Crippen LogP) is 4.36. The highest BCUT2D eigenvalue weighted by molar-refractivity contribution is 6.06. The Morgan fingerprint density at radius 3 is 2.09 bits per heavy atom. The lowest BCUT2D eigenvalue weighted by molar-refractivity contribution is -0.140. The summed E-state index contributed by atoms with van der Waals surface area (Å²) < 4.78 is 0. The van der Waals surface area contributed by atoms with Crippen LogP contribution in [0.3, 0.4) is 0 Å². The number of likely N-dealkylation sites (tertiary alicyclic amines) is 1. The molecule has 0 radical (unpaired) electrons. The van der Waals surface area contributed by atoms with Crippen LogP contribution in [0.1, 0.15) is 57.1 Å². The number of para-hydroxylation sites is 1. The van der Waals surface area contributed by atoms with Crippen molar-refractivity contribution in [1.29, 1.82) is 0 Å². The minimum Gasteiger partial charge on any atom is -0.326 e. The summed E-state index contributed by atoms with van der Waals surface area (Å²) in [4.78, 5) is 40.1. The van der Waals surface area contributed by atoms with Crippen LogP contribution in [0.4, 0.5) is 5.69 Å². The Labute approximate surface area is 190 Å². The maximum absolute atomic E-state index is 13.0. The second-order valence-corrected chi connectivity index (χ2v) is 10.00. The average molecular weight is 435 g/mol. The van der Waals surface area contributed by atoms with Crippen molar-refractivity contribution in [2.24, 2.45) is 35.5 Å². The van der Waals surface area contributed by atoms with Gasteiger partial charge < -0.3 is 5.32 Å². The Kier molecular flexibility index (Phi) is 5.68. The van der Waals surface area contributed by atoms with Gasteiger partial charge in [-0.05, 0) is 66.9 Å². The highest BCUT2D eigenvalue weighted by atomic mass is 16.2. The maximum Gasteiger partial charge on any atom is 0.233 e. The number of carbonyl (C=O) groups is 3. The van der Waals surface area contributed by atoms with E-state index in [1.807, 2.05) is 0 Å². The van der Waals surface area contributed by atoms with Gasteiger partial charge in [-0.15, -0.1) is 0 Å². The summed E-state index contributed by atoms with van der Waals surface area (Å²) >= 11 is 0. The molecule has 0 aromatic heterocycles. The van der Waals surface area contributed by atoms with Gasteiger partial charge in [-0.25, -0.2) is 0 Å². The van der Waals surface area contributed by atoms with Gasteiger partial charge in [0.05, 0.1) is 11.8 Å². The predicted molar refractivity (Wildman–Crippen MR) is 124 cm³/mol. The number of amides is 3. The number of hydrogen-bond donors (Lipinski definition) is 1. The first-order valence-corrected chi connectivity index (χ1v) is 12.5. The minimum atomic E-state index is -0.0987. The van der Waals surface area contributed by atoms with Crippen molar-refractivity contribution < 1.29 is 14.4 Å². The molecule has 0 spiro atoms. The van der Waals surface area contributed by atoms with Gasteiger partial charge in [0.25, 0.3) is 0 Å². The maximum atomic E-state index is 13.0. The fraction of sp³-hybridized carbons (Fsp3) is 0.593. The topological polar surface area (TPSA) is 66.5 Å². The van der Waals surface area contributed by atoms with Crippen LogP contribution in [0.15, 0.2) is 30.4 Å². The molecule has 1 saturated heterocycles. The Morgan fingerprint density at radius 1 is 0.938 bits per heavy atom. The standard InChI is InChI=1S/C27H34N2O3/c1-3-16-9-8-10-17(4-2)25(16)28-22(30)11-6-5-7-14-29-26(31)23-18-12-13-19(21-15-20(18)21)24(23)27(29)32/h8-10,12-13,18-21,23-24H,3-7,11,14-15H2,1-2H3,(H,28,30). The smallest absolute Gasteiger partial charge is 0.233 e. The SMILES string of the molecule is CCc1cccc(CC)c1NC(=O)CCCCCN1C(=O)C2C3C=CC(C4CC34)C2C1=O. The number of hydrogen-bond acceptors (Lipinski definition) is 3. The Morgan fingerprint density at radius 2 is 1.53 bits per heavy atom. The van der Waals surface area contributed by atoms with Crippen molar-refractivity contribution >= 4 is 23.4 Å². The number of rotatable bonds is 9. The Bertz CT molecular complexity index is 909. The van der Waals surface area contributed by atoms with Gasteiger partial charge in [-0.3, -0.25) is 19.3 Å². The second kappa shape index (κ2) is 8.49. The second-order valence-electron chi connectivity index (χ2n) is 10.00. The van der Waals surface area contributed by atoms with Crippen molar-refractivity contribution in [2.45, 2.75) is 58.8 Å². The molecule has 1 heterocycles. The van der Waals surface area contributed by atoms with Crippen molar-refractivity contribution in [2.75, 3.05) is 11.9 Å². The molecule has 6 unspecified atom stereocenters. The van der Waals surface area contributed by atoms with E-state index in [1.54, 1.807) is 0 Å². The van der Waals surface area contributed by atoms with Crippen molar-refractivity contribution in [3.8, 4) is 0 Å². The average Bonchev–Trinajstić information content (AvgIpc) is 3.59. The first-order valence-electron chi connectivity index (χ1n) is 12.5. The van der Waals surface area contributed by atoms with Crippen LogP contribution in [-0.2, 0) is 27.2 Å². The molecule has 2 saturated carbocycles. The van der Waals surface area contributed by atoms with E-state index in [-0.39, 0.29) is 29.6 Å². The van der Waals surface area contributed by atoms with Crippen LogP contribution in [-0.4, -0.2) is 29.2 Å². The van der Waals surface area contributed by atoms with Gasteiger partial charge in [-0.2, -0.15) is 0 Å². The largest absolute Gasteiger partial charge is 0.326 e. The van der Waals surface area contributed by atoms with Crippen LogP contribution in [0.2, 0.25) is 0 Å². The zero-order chi connectivity index (χ0) is 22.4. The zero-order valence-electron chi connectivity index (χ0n) is 19.2. The summed E-state index contributed by atoms with van der Waals surface area (Å²) in [7, 11) is 0. The van der Waals surface area contributed by atoms with Gasteiger partial charge in [-0.1, -0.05) is 50.6 Å². The molecule has 6 rings (SSSR count). The molecule has 4 aliphatic carbocycles. The molecule has 3 amide bonds. The molecule has 32 heavy (non-hydrogen) atoms. The first-order chi connectivity index (χ1) is 15.5. The highest BCUT2D eigenvalue weighted by Gasteiger charge is 2.66. The molecule has 6 atom stereocenters. The van der Waals surface area contributed by atoms with E-state index in [4.69, 9.17) is 0 Å². The third-order valence-corrected chi connectivity index (χ3v) is 8.30. The van der Waals surface area contributed by atoms with Crippen LogP contribution < -0.4 is 5.32 Å². The Balaban J connectivity index is 1.09. The van der Waals surface area contributed by atoms with E-state index in [0.717, 1.165) is 37.8 Å². The molecule has 5 heteroatoms. The molecule has 5 nitrogen and oxygen atoms in total. The summed E-state index contributed by atoms with van der Waals surface area (Å²) in [6, 6.07) is 6.19. The molecule has 5 aliphatic rings. The summed E-state index contributed by atoms with van der Waals surface area (Å²) in [5.74, 6) is 1.84. The van der Waals surface area contributed by atoms with E-state index >= 15 is 0 Å². The number of unbranched alkanes of at least 4 members (excludes halogenated alkanes) is 2. The fourth-order valence-electron chi connectivity index (χ4n) is 6.58. The molecule has 1 aromatic rings. The molecule has 1 aliphatic heterocycles. The monoisotopic (exact) mass is 434 g/mol. The minimum absolute atomic E-state index is 0.0434. The van der Waals surface area contributed by atoms with Gasteiger partial charge in [0.2, 0.25) is 17.7 Å². The summed E-state index contributed by atoms with van der Waals surface area (Å²) in [6.07, 6.45) is 10.2. The van der Waals surface area contributed by atoms with Gasteiger partial charge >= 0.3 is 0 Å². The van der Waals surface area contributed by atoms with Gasteiger partial charge in [0.15, 0.2) is 0 Å². The number of benzene rings is 1. The quantitative estimate of drug-likeness (QED) is 0.357. The fourth-order valence-corrected chi connectivity index (χ4v) is 6.58. The normalized spacial score (nSPS) is 31.6. The number of nitrogens with one attached hydrogen (secondary N) is 1. The van der Waals surface area contributed by atoms with Crippen molar-refractivity contribution in [3.05, 3.63) is 41.5 Å². The van der Waals surface area contributed by atoms with E-state index in [0.29, 0.717) is 36.6 Å². The summed E-state index contributed by atoms with van der Waals surface area (Å²) in [6.45, 7) is 4.71. The number of carbonyl (C=O) groups excluding carboxylic acids is 3. The molecule has 1 aromatic carbocycles. The third kappa shape index (κ3) is 3.50. The lowest BCUT2D eigenvalue weighted by Crippen LogP contribution is -2.40. The van der Waals surface area contributed by atoms with Crippen LogP contribution in [0.25, 0.3) is 0 Å². The van der Waals surface area contributed by atoms with E-state index < -0.39 is 0 Å². The van der Waals surface area contributed by atoms with E-state index in [1.165, 1.54) is 22.4 Å². The lowest BCUT2D eigenvalue weighted by atomic mass is 9.63. The van der Waals surface area contributed by atoms with Crippen LogP contribution in [0.5, 0.6) is 0 Å².